The molecule has 0 saturated heterocycles. The van der Waals surface area contributed by atoms with Crippen LogP contribution in [-0.2, 0) is 6.42 Å². The van der Waals surface area contributed by atoms with E-state index in [-0.39, 0.29) is 5.38 Å². The smallest absolute Gasteiger partial charge is 0.105 e. The van der Waals surface area contributed by atoms with Gasteiger partial charge in [0.15, 0.2) is 0 Å². The third-order valence-electron chi connectivity index (χ3n) is 2.85. The van der Waals surface area contributed by atoms with Crippen molar-refractivity contribution in [3.63, 3.8) is 0 Å². The van der Waals surface area contributed by atoms with Gasteiger partial charge >= 0.3 is 0 Å². The van der Waals surface area contributed by atoms with E-state index in [0.717, 1.165) is 23.3 Å². The molecular weight excluding hydrogens is 220 g/mol. The molecule has 0 aliphatic rings. The molecule has 2 aromatic rings. The Morgan fingerprint density at radius 2 is 1.88 bits per heavy atom. The molecule has 1 atom stereocenters. The van der Waals surface area contributed by atoms with E-state index in [1.807, 2.05) is 13.0 Å². The van der Waals surface area contributed by atoms with Crippen molar-refractivity contribution in [2.75, 3.05) is 0 Å². The van der Waals surface area contributed by atoms with E-state index in [9.17, 15) is 0 Å². The van der Waals surface area contributed by atoms with Crippen LogP contribution in [0.4, 0.5) is 0 Å². The Hall–Kier alpha value is -1.21. The summed E-state index contributed by atoms with van der Waals surface area (Å²) in [6.45, 7) is 4.08. The van der Waals surface area contributed by atoms with Crippen molar-refractivity contribution in [3.05, 3.63) is 59.0 Å². The van der Waals surface area contributed by atoms with E-state index in [2.05, 4.69) is 31.2 Å². The van der Waals surface area contributed by atoms with Crippen molar-refractivity contribution in [2.24, 2.45) is 0 Å². The SMILES string of the molecule is CCc1ccc(C(Cl)c2ccoc2C)cc1. The summed E-state index contributed by atoms with van der Waals surface area (Å²) in [7, 11) is 0. The van der Waals surface area contributed by atoms with Crippen LogP contribution in [0.15, 0.2) is 41.0 Å². The van der Waals surface area contributed by atoms with Crippen LogP contribution < -0.4 is 0 Å². The first-order valence-electron chi connectivity index (χ1n) is 5.49. The Morgan fingerprint density at radius 3 is 2.38 bits per heavy atom. The van der Waals surface area contributed by atoms with Crippen LogP contribution in [0.1, 0.15) is 34.8 Å². The maximum absolute atomic E-state index is 6.41. The molecule has 1 aromatic heterocycles. The molecule has 1 heterocycles. The molecule has 0 amide bonds. The van der Waals surface area contributed by atoms with Gasteiger partial charge in [0, 0.05) is 5.56 Å². The van der Waals surface area contributed by atoms with E-state index < -0.39 is 0 Å². The van der Waals surface area contributed by atoms with Gasteiger partial charge in [-0.05, 0) is 30.5 Å². The standard InChI is InChI=1S/C14H15ClO/c1-3-11-4-6-12(7-5-11)14(15)13-8-9-16-10(13)2/h4-9,14H,3H2,1-2H3. The molecular formula is C14H15ClO. The molecule has 0 fully saturated rings. The van der Waals surface area contributed by atoms with Gasteiger partial charge in [-0.15, -0.1) is 11.6 Å². The Bertz CT molecular complexity index is 456. The number of hydrogen-bond donors (Lipinski definition) is 0. The molecule has 16 heavy (non-hydrogen) atoms. The van der Waals surface area contributed by atoms with E-state index in [1.54, 1.807) is 6.26 Å². The zero-order valence-corrected chi connectivity index (χ0v) is 10.3. The van der Waals surface area contributed by atoms with Crippen molar-refractivity contribution in [2.45, 2.75) is 25.6 Å². The average molecular weight is 235 g/mol. The minimum Gasteiger partial charge on any atom is -0.469 e. The minimum atomic E-state index is -0.121. The number of rotatable bonds is 3. The van der Waals surface area contributed by atoms with Crippen LogP contribution in [0.2, 0.25) is 0 Å². The molecule has 1 aromatic carbocycles. The second kappa shape index (κ2) is 4.75. The quantitative estimate of drug-likeness (QED) is 0.714. The Morgan fingerprint density at radius 1 is 1.19 bits per heavy atom. The summed E-state index contributed by atoms with van der Waals surface area (Å²) < 4.78 is 5.27. The molecule has 0 aliphatic carbocycles. The molecule has 0 aliphatic heterocycles. The number of halogens is 1. The lowest BCUT2D eigenvalue weighted by molar-refractivity contribution is 0.530. The highest BCUT2D eigenvalue weighted by Crippen LogP contribution is 2.31. The van der Waals surface area contributed by atoms with Crippen LogP contribution in [0.5, 0.6) is 0 Å². The largest absolute Gasteiger partial charge is 0.469 e. The molecule has 0 N–H and O–H groups in total. The summed E-state index contributed by atoms with van der Waals surface area (Å²) in [6, 6.07) is 10.4. The van der Waals surface area contributed by atoms with Crippen LogP contribution in [0.25, 0.3) is 0 Å². The third-order valence-corrected chi connectivity index (χ3v) is 3.34. The molecule has 84 valence electrons. The van der Waals surface area contributed by atoms with Gasteiger partial charge in [-0.2, -0.15) is 0 Å². The number of furan rings is 1. The maximum Gasteiger partial charge on any atom is 0.105 e. The van der Waals surface area contributed by atoms with Gasteiger partial charge in [-0.3, -0.25) is 0 Å². The summed E-state index contributed by atoms with van der Waals surface area (Å²) >= 11 is 6.41. The molecule has 0 saturated carbocycles. The minimum absolute atomic E-state index is 0.121. The van der Waals surface area contributed by atoms with Crippen molar-refractivity contribution >= 4 is 11.6 Å². The van der Waals surface area contributed by atoms with E-state index in [4.69, 9.17) is 16.0 Å². The van der Waals surface area contributed by atoms with Crippen molar-refractivity contribution < 1.29 is 4.42 Å². The molecule has 0 spiro atoms. The normalized spacial score (nSPS) is 12.7. The summed E-state index contributed by atoms with van der Waals surface area (Å²) in [6.07, 6.45) is 2.73. The summed E-state index contributed by atoms with van der Waals surface area (Å²) in [4.78, 5) is 0. The zero-order valence-electron chi connectivity index (χ0n) is 9.53. The Labute approximate surface area is 101 Å². The fraction of sp³-hybridized carbons (Fsp3) is 0.286. The van der Waals surface area contributed by atoms with Gasteiger partial charge < -0.3 is 4.42 Å². The van der Waals surface area contributed by atoms with Crippen LogP contribution in [0.3, 0.4) is 0 Å². The number of benzene rings is 1. The average Bonchev–Trinajstić information content (AvgIpc) is 2.75. The first-order chi connectivity index (χ1) is 7.72. The lowest BCUT2D eigenvalue weighted by Gasteiger charge is -2.09. The van der Waals surface area contributed by atoms with Gasteiger partial charge in [0.05, 0.1) is 11.6 Å². The highest BCUT2D eigenvalue weighted by molar-refractivity contribution is 6.22. The molecule has 1 nitrogen and oxygen atoms in total. The Kier molecular flexibility index (Phi) is 3.35. The number of hydrogen-bond acceptors (Lipinski definition) is 1. The van der Waals surface area contributed by atoms with Gasteiger partial charge in [-0.1, -0.05) is 31.2 Å². The molecule has 1 unspecified atom stereocenters. The van der Waals surface area contributed by atoms with Crippen LogP contribution in [0, 0.1) is 6.92 Å². The third kappa shape index (κ3) is 2.14. The topological polar surface area (TPSA) is 13.1 Å². The van der Waals surface area contributed by atoms with Crippen molar-refractivity contribution in [3.8, 4) is 0 Å². The summed E-state index contributed by atoms with van der Waals surface area (Å²) in [5, 5.41) is -0.121. The van der Waals surface area contributed by atoms with Crippen LogP contribution >= 0.6 is 11.6 Å². The molecule has 2 heteroatoms. The zero-order chi connectivity index (χ0) is 11.5. The fourth-order valence-electron chi connectivity index (χ4n) is 1.76. The highest BCUT2D eigenvalue weighted by atomic mass is 35.5. The summed E-state index contributed by atoms with van der Waals surface area (Å²) in [5.74, 6) is 0.888. The van der Waals surface area contributed by atoms with Crippen LogP contribution in [-0.4, -0.2) is 0 Å². The fourth-order valence-corrected chi connectivity index (χ4v) is 2.13. The van der Waals surface area contributed by atoms with Gasteiger partial charge in [0.25, 0.3) is 0 Å². The molecule has 2 rings (SSSR count). The predicted octanol–water partition coefficient (Wildman–Crippen LogP) is 4.48. The Balaban J connectivity index is 2.27. The summed E-state index contributed by atoms with van der Waals surface area (Å²) in [5.41, 5.74) is 3.49. The first-order valence-corrected chi connectivity index (χ1v) is 5.93. The lowest BCUT2D eigenvalue weighted by Crippen LogP contribution is -1.93. The number of aryl methyl sites for hydroxylation is 2. The second-order valence-corrected chi connectivity index (χ2v) is 4.33. The molecule has 0 radical (unpaired) electrons. The highest BCUT2D eigenvalue weighted by Gasteiger charge is 2.14. The van der Waals surface area contributed by atoms with E-state index in [1.165, 1.54) is 5.56 Å². The maximum atomic E-state index is 6.41. The lowest BCUT2D eigenvalue weighted by atomic mass is 10.0. The van der Waals surface area contributed by atoms with Crippen molar-refractivity contribution in [1.29, 1.82) is 0 Å². The predicted molar refractivity (Wildman–Crippen MR) is 67.0 cm³/mol. The molecule has 0 bridgehead atoms. The van der Waals surface area contributed by atoms with Gasteiger partial charge in [-0.25, -0.2) is 0 Å². The second-order valence-electron chi connectivity index (χ2n) is 3.89. The van der Waals surface area contributed by atoms with Crippen molar-refractivity contribution in [1.82, 2.24) is 0 Å². The van der Waals surface area contributed by atoms with E-state index in [0.29, 0.717) is 0 Å². The van der Waals surface area contributed by atoms with Gasteiger partial charge in [0.2, 0.25) is 0 Å². The first kappa shape index (κ1) is 11.3. The number of alkyl halides is 1. The van der Waals surface area contributed by atoms with Gasteiger partial charge in [0.1, 0.15) is 5.76 Å². The van der Waals surface area contributed by atoms with E-state index >= 15 is 0 Å². The monoisotopic (exact) mass is 234 g/mol.